The summed E-state index contributed by atoms with van der Waals surface area (Å²) < 4.78 is 1.66. The highest BCUT2D eigenvalue weighted by Gasteiger charge is 2.12. The molecule has 0 radical (unpaired) electrons. The number of aromatic nitrogens is 5. The van der Waals surface area contributed by atoms with E-state index in [1.54, 1.807) is 29.0 Å². The molecule has 0 aliphatic carbocycles. The Kier molecular flexibility index (Phi) is 5.15. The van der Waals surface area contributed by atoms with E-state index in [9.17, 15) is 4.79 Å². The number of anilines is 2. The van der Waals surface area contributed by atoms with Crippen molar-refractivity contribution >= 4 is 23.2 Å². The number of amides is 1. The standard InChI is InChI=1S/C21H21N7O/c1-3-10-23-20(29)15-6-8-17(9-7-15)25-18-12-14(2)24-21-26-19(27-28(18)21)16-5-4-11-22-13-16/h4-9,11-13,25H,3,10H2,1-2H3,(H,23,29). The van der Waals surface area contributed by atoms with Gasteiger partial charge in [-0.05, 0) is 49.7 Å². The first-order valence-electron chi connectivity index (χ1n) is 9.44. The molecule has 0 unspecified atom stereocenters. The van der Waals surface area contributed by atoms with Gasteiger partial charge in [0.2, 0.25) is 0 Å². The van der Waals surface area contributed by atoms with Crippen LogP contribution < -0.4 is 10.6 Å². The number of rotatable bonds is 6. The SMILES string of the molecule is CCCNC(=O)c1ccc(Nc2cc(C)nc3nc(-c4cccnc4)nn23)cc1. The van der Waals surface area contributed by atoms with Crippen LogP contribution in [0.5, 0.6) is 0 Å². The lowest BCUT2D eigenvalue weighted by Crippen LogP contribution is -2.23. The zero-order valence-electron chi connectivity index (χ0n) is 16.3. The molecule has 0 aliphatic rings. The number of pyridine rings is 1. The molecule has 0 bridgehead atoms. The minimum Gasteiger partial charge on any atom is -0.352 e. The molecule has 8 nitrogen and oxygen atoms in total. The number of benzene rings is 1. The number of hydrogen-bond acceptors (Lipinski definition) is 6. The van der Waals surface area contributed by atoms with Crippen molar-refractivity contribution in [3.63, 3.8) is 0 Å². The summed E-state index contributed by atoms with van der Waals surface area (Å²) in [5.74, 6) is 1.72. The zero-order valence-corrected chi connectivity index (χ0v) is 16.3. The summed E-state index contributed by atoms with van der Waals surface area (Å²) in [5.41, 5.74) is 3.10. The molecule has 1 aromatic carbocycles. The predicted molar refractivity (Wildman–Crippen MR) is 111 cm³/mol. The van der Waals surface area contributed by atoms with E-state index < -0.39 is 0 Å². The fraction of sp³-hybridized carbons (Fsp3) is 0.190. The summed E-state index contributed by atoms with van der Waals surface area (Å²) in [6.07, 6.45) is 4.33. The Labute approximate surface area is 168 Å². The topological polar surface area (TPSA) is 97.1 Å². The monoisotopic (exact) mass is 387 g/mol. The third kappa shape index (κ3) is 4.06. The smallest absolute Gasteiger partial charge is 0.254 e. The van der Waals surface area contributed by atoms with E-state index in [1.807, 2.05) is 44.2 Å². The molecule has 0 spiro atoms. The van der Waals surface area contributed by atoms with Crippen LogP contribution in [0.25, 0.3) is 17.2 Å². The molecule has 1 amide bonds. The van der Waals surface area contributed by atoms with Crippen LogP contribution in [0.1, 0.15) is 29.4 Å². The van der Waals surface area contributed by atoms with Gasteiger partial charge in [-0.15, -0.1) is 5.10 Å². The minimum atomic E-state index is -0.0714. The van der Waals surface area contributed by atoms with E-state index in [1.165, 1.54) is 0 Å². The normalized spacial score (nSPS) is 10.8. The lowest BCUT2D eigenvalue weighted by Gasteiger charge is -2.09. The Morgan fingerprint density at radius 2 is 1.97 bits per heavy atom. The van der Waals surface area contributed by atoms with Gasteiger partial charge in [0.15, 0.2) is 5.82 Å². The summed E-state index contributed by atoms with van der Waals surface area (Å²) in [6.45, 7) is 4.60. The van der Waals surface area contributed by atoms with Crippen molar-refractivity contribution in [2.45, 2.75) is 20.3 Å². The second-order valence-corrected chi connectivity index (χ2v) is 6.63. The van der Waals surface area contributed by atoms with Crippen molar-refractivity contribution in [3.05, 3.63) is 66.1 Å². The molecule has 0 atom stereocenters. The molecule has 2 N–H and O–H groups in total. The molecule has 29 heavy (non-hydrogen) atoms. The molecule has 0 saturated carbocycles. The van der Waals surface area contributed by atoms with Crippen molar-refractivity contribution < 1.29 is 4.79 Å². The molecular weight excluding hydrogens is 366 g/mol. The van der Waals surface area contributed by atoms with Crippen molar-refractivity contribution in [3.8, 4) is 11.4 Å². The molecule has 146 valence electrons. The van der Waals surface area contributed by atoms with Crippen molar-refractivity contribution in [2.24, 2.45) is 0 Å². The van der Waals surface area contributed by atoms with E-state index in [0.717, 1.165) is 29.2 Å². The van der Waals surface area contributed by atoms with Crippen molar-refractivity contribution in [1.29, 1.82) is 0 Å². The maximum atomic E-state index is 12.1. The van der Waals surface area contributed by atoms with Crippen LogP contribution in [0.4, 0.5) is 11.5 Å². The second kappa shape index (κ2) is 8.05. The fourth-order valence-electron chi connectivity index (χ4n) is 2.89. The minimum absolute atomic E-state index is 0.0714. The van der Waals surface area contributed by atoms with Gasteiger partial charge in [0.1, 0.15) is 5.82 Å². The van der Waals surface area contributed by atoms with Gasteiger partial charge in [-0.3, -0.25) is 9.78 Å². The first-order valence-corrected chi connectivity index (χ1v) is 9.44. The molecular formula is C21H21N7O. The molecule has 8 heteroatoms. The van der Waals surface area contributed by atoms with Crippen molar-refractivity contribution in [2.75, 3.05) is 11.9 Å². The summed E-state index contributed by atoms with van der Waals surface area (Å²) in [5, 5.41) is 10.8. The Balaban J connectivity index is 1.62. The second-order valence-electron chi connectivity index (χ2n) is 6.63. The van der Waals surface area contributed by atoms with Crippen LogP contribution in [0.15, 0.2) is 54.9 Å². The highest BCUT2D eigenvalue weighted by Crippen LogP contribution is 2.21. The van der Waals surface area contributed by atoms with Crippen LogP contribution in [0, 0.1) is 6.92 Å². The quantitative estimate of drug-likeness (QED) is 0.526. The van der Waals surface area contributed by atoms with E-state index >= 15 is 0 Å². The van der Waals surface area contributed by atoms with Gasteiger partial charge < -0.3 is 10.6 Å². The van der Waals surface area contributed by atoms with Gasteiger partial charge in [0, 0.05) is 47.5 Å². The molecule has 0 aliphatic heterocycles. The van der Waals surface area contributed by atoms with E-state index in [2.05, 4.69) is 30.7 Å². The molecule has 3 heterocycles. The summed E-state index contributed by atoms with van der Waals surface area (Å²) in [4.78, 5) is 25.2. The molecule has 0 saturated heterocycles. The Hall–Kier alpha value is -3.81. The van der Waals surface area contributed by atoms with Crippen LogP contribution in [-0.2, 0) is 0 Å². The van der Waals surface area contributed by atoms with Crippen LogP contribution in [0.2, 0.25) is 0 Å². The largest absolute Gasteiger partial charge is 0.352 e. The van der Waals surface area contributed by atoms with Gasteiger partial charge in [-0.2, -0.15) is 9.50 Å². The van der Waals surface area contributed by atoms with Gasteiger partial charge in [0.05, 0.1) is 0 Å². The van der Waals surface area contributed by atoms with E-state index in [-0.39, 0.29) is 5.91 Å². The van der Waals surface area contributed by atoms with E-state index in [4.69, 9.17) is 0 Å². The number of nitrogens with one attached hydrogen (secondary N) is 2. The van der Waals surface area contributed by atoms with Gasteiger partial charge in [0.25, 0.3) is 11.7 Å². The van der Waals surface area contributed by atoms with Crippen LogP contribution in [-0.4, -0.2) is 37.0 Å². The number of nitrogens with zero attached hydrogens (tertiary/aromatic N) is 5. The Bertz CT molecular complexity index is 1140. The number of aryl methyl sites for hydroxylation is 1. The van der Waals surface area contributed by atoms with Crippen molar-refractivity contribution in [1.82, 2.24) is 29.9 Å². The summed E-state index contributed by atoms with van der Waals surface area (Å²) in [6, 6.07) is 13.0. The van der Waals surface area contributed by atoms with Gasteiger partial charge >= 0.3 is 0 Å². The predicted octanol–water partition coefficient (Wildman–Crippen LogP) is 3.38. The first kappa shape index (κ1) is 18.5. The highest BCUT2D eigenvalue weighted by atomic mass is 16.1. The maximum Gasteiger partial charge on any atom is 0.254 e. The lowest BCUT2D eigenvalue weighted by atomic mass is 10.2. The molecule has 4 rings (SSSR count). The summed E-state index contributed by atoms with van der Waals surface area (Å²) in [7, 11) is 0. The number of carbonyl (C=O) groups excluding carboxylic acids is 1. The summed E-state index contributed by atoms with van der Waals surface area (Å²) >= 11 is 0. The third-order valence-electron chi connectivity index (χ3n) is 4.32. The third-order valence-corrected chi connectivity index (χ3v) is 4.32. The lowest BCUT2D eigenvalue weighted by molar-refractivity contribution is 0.0953. The molecule has 3 aromatic heterocycles. The average molecular weight is 387 g/mol. The zero-order chi connectivity index (χ0) is 20.2. The van der Waals surface area contributed by atoms with Gasteiger partial charge in [-0.25, -0.2) is 4.98 Å². The van der Waals surface area contributed by atoms with E-state index in [0.29, 0.717) is 23.7 Å². The maximum absolute atomic E-state index is 12.1. The number of hydrogen-bond donors (Lipinski definition) is 2. The Morgan fingerprint density at radius 3 is 2.69 bits per heavy atom. The highest BCUT2D eigenvalue weighted by molar-refractivity contribution is 5.94. The molecule has 4 aromatic rings. The van der Waals surface area contributed by atoms with Crippen LogP contribution >= 0.6 is 0 Å². The van der Waals surface area contributed by atoms with Crippen LogP contribution in [0.3, 0.4) is 0 Å². The number of fused-ring (bicyclic) bond motifs is 1. The Morgan fingerprint density at radius 1 is 1.14 bits per heavy atom. The number of carbonyl (C=O) groups is 1. The average Bonchev–Trinajstić information content (AvgIpc) is 3.17. The fourth-order valence-corrected chi connectivity index (χ4v) is 2.89. The molecule has 0 fully saturated rings. The van der Waals surface area contributed by atoms with Gasteiger partial charge in [-0.1, -0.05) is 6.92 Å². The first-order chi connectivity index (χ1) is 14.1.